The third kappa shape index (κ3) is 3.76. The predicted molar refractivity (Wildman–Crippen MR) is 72.4 cm³/mol. The molecule has 19 heavy (non-hydrogen) atoms. The van der Waals surface area contributed by atoms with Gasteiger partial charge in [-0.05, 0) is 24.6 Å². The molecule has 1 aromatic heterocycles. The highest BCUT2D eigenvalue weighted by Gasteiger charge is 2.09. The molecule has 0 aliphatic heterocycles. The molecule has 0 amide bonds. The molecule has 0 aliphatic carbocycles. The van der Waals surface area contributed by atoms with Crippen molar-refractivity contribution in [2.24, 2.45) is 5.73 Å². The second-order valence-electron chi connectivity index (χ2n) is 4.43. The largest absolute Gasteiger partial charge is 0.493 e. The van der Waals surface area contributed by atoms with Crippen LogP contribution < -0.4 is 10.5 Å². The summed E-state index contributed by atoms with van der Waals surface area (Å²) in [5.74, 6) is 0.194. The number of hydrogen-bond acceptors (Lipinski definition) is 3. The molecule has 1 heterocycles. The molecular weight excluding hydrogens is 243 g/mol. The Balaban J connectivity index is 2.01. The lowest BCUT2D eigenvalue weighted by Gasteiger charge is -2.14. The molecule has 1 atom stereocenters. The van der Waals surface area contributed by atoms with Crippen LogP contribution in [0.15, 0.2) is 42.7 Å². The van der Waals surface area contributed by atoms with Gasteiger partial charge in [-0.25, -0.2) is 4.39 Å². The Morgan fingerprint density at radius 3 is 2.89 bits per heavy atom. The lowest BCUT2D eigenvalue weighted by atomic mass is 10.1. The SMILES string of the molecule is C[C@@H](N)c1ccc(F)cc1OCCc1cccnc1. The van der Waals surface area contributed by atoms with Crippen LogP contribution in [0.3, 0.4) is 0 Å². The molecule has 2 N–H and O–H groups in total. The molecule has 100 valence electrons. The van der Waals surface area contributed by atoms with E-state index in [1.165, 1.54) is 12.1 Å². The molecule has 0 fully saturated rings. The van der Waals surface area contributed by atoms with E-state index in [0.29, 0.717) is 12.4 Å². The van der Waals surface area contributed by atoms with Crippen LogP contribution in [0.1, 0.15) is 24.1 Å². The van der Waals surface area contributed by atoms with Gasteiger partial charge in [0.15, 0.2) is 0 Å². The average molecular weight is 260 g/mol. The van der Waals surface area contributed by atoms with E-state index in [9.17, 15) is 4.39 Å². The fourth-order valence-electron chi connectivity index (χ4n) is 1.83. The van der Waals surface area contributed by atoms with Gasteiger partial charge in [0.1, 0.15) is 11.6 Å². The maximum atomic E-state index is 13.2. The number of rotatable bonds is 5. The zero-order chi connectivity index (χ0) is 13.7. The van der Waals surface area contributed by atoms with Crippen molar-refractivity contribution in [1.82, 2.24) is 4.98 Å². The van der Waals surface area contributed by atoms with Crippen molar-refractivity contribution in [3.8, 4) is 5.75 Å². The first-order valence-corrected chi connectivity index (χ1v) is 6.23. The monoisotopic (exact) mass is 260 g/mol. The quantitative estimate of drug-likeness (QED) is 0.899. The summed E-state index contributed by atoms with van der Waals surface area (Å²) in [6, 6.07) is 8.11. The fraction of sp³-hybridized carbons (Fsp3) is 0.267. The van der Waals surface area contributed by atoms with E-state index in [4.69, 9.17) is 10.5 Å². The first kappa shape index (κ1) is 13.5. The van der Waals surface area contributed by atoms with E-state index in [1.54, 1.807) is 18.5 Å². The maximum absolute atomic E-state index is 13.2. The van der Waals surface area contributed by atoms with Gasteiger partial charge in [-0.3, -0.25) is 4.98 Å². The molecule has 3 nitrogen and oxygen atoms in total. The Morgan fingerprint density at radius 2 is 2.21 bits per heavy atom. The summed E-state index contributed by atoms with van der Waals surface area (Å²) >= 11 is 0. The molecule has 1 aromatic carbocycles. The highest BCUT2D eigenvalue weighted by Crippen LogP contribution is 2.24. The van der Waals surface area contributed by atoms with Crippen molar-refractivity contribution in [1.29, 1.82) is 0 Å². The summed E-state index contributed by atoms with van der Waals surface area (Å²) < 4.78 is 18.9. The van der Waals surface area contributed by atoms with Gasteiger partial charge in [0.25, 0.3) is 0 Å². The third-order valence-electron chi connectivity index (χ3n) is 2.84. The molecule has 0 radical (unpaired) electrons. The van der Waals surface area contributed by atoms with Crippen molar-refractivity contribution in [2.45, 2.75) is 19.4 Å². The van der Waals surface area contributed by atoms with Crippen LogP contribution in [-0.2, 0) is 6.42 Å². The van der Waals surface area contributed by atoms with Crippen molar-refractivity contribution in [3.05, 3.63) is 59.7 Å². The summed E-state index contributed by atoms with van der Waals surface area (Å²) in [4.78, 5) is 4.03. The van der Waals surface area contributed by atoms with Gasteiger partial charge in [-0.1, -0.05) is 12.1 Å². The van der Waals surface area contributed by atoms with E-state index in [-0.39, 0.29) is 11.9 Å². The minimum atomic E-state index is -0.319. The minimum Gasteiger partial charge on any atom is -0.493 e. The average Bonchev–Trinajstić information content (AvgIpc) is 2.39. The summed E-state index contributed by atoms with van der Waals surface area (Å²) in [5, 5.41) is 0. The zero-order valence-electron chi connectivity index (χ0n) is 10.8. The number of benzene rings is 1. The van der Waals surface area contributed by atoms with Crippen molar-refractivity contribution in [2.75, 3.05) is 6.61 Å². The van der Waals surface area contributed by atoms with Crippen LogP contribution in [0.25, 0.3) is 0 Å². The molecule has 0 saturated heterocycles. The summed E-state index contributed by atoms with van der Waals surface area (Å²) in [5.41, 5.74) is 7.73. The first-order valence-electron chi connectivity index (χ1n) is 6.23. The topological polar surface area (TPSA) is 48.1 Å². The second-order valence-corrected chi connectivity index (χ2v) is 4.43. The highest BCUT2D eigenvalue weighted by atomic mass is 19.1. The molecule has 0 spiro atoms. The first-order chi connectivity index (χ1) is 9.16. The van der Waals surface area contributed by atoms with Gasteiger partial charge in [-0.15, -0.1) is 0 Å². The normalized spacial score (nSPS) is 12.2. The summed E-state index contributed by atoms with van der Waals surface area (Å²) in [6.45, 7) is 2.32. The van der Waals surface area contributed by atoms with Crippen LogP contribution in [0.2, 0.25) is 0 Å². The molecule has 0 saturated carbocycles. The smallest absolute Gasteiger partial charge is 0.126 e. The van der Waals surface area contributed by atoms with Crippen LogP contribution in [0, 0.1) is 5.82 Å². The lowest BCUT2D eigenvalue weighted by Crippen LogP contribution is -2.10. The standard InChI is InChI=1S/C15H17FN2O/c1-11(17)14-5-4-13(16)9-15(14)19-8-6-12-3-2-7-18-10-12/h2-5,7,9-11H,6,8,17H2,1H3/t11-/m1/s1. The Labute approximate surface area is 112 Å². The Kier molecular flexibility index (Phi) is 4.47. The fourth-order valence-corrected chi connectivity index (χ4v) is 1.83. The Bertz CT molecular complexity index is 529. The second kappa shape index (κ2) is 6.29. The van der Waals surface area contributed by atoms with E-state index in [2.05, 4.69) is 4.98 Å². The van der Waals surface area contributed by atoms with Gasteiger partial charge < -0.3 is 10.5 Å². The number of pyridine rings is 1. The zero-order valence-corrected chi connectivity index (χ0v) is 10.8. The maximum Gasteiger partial charge on any atom is 0.126 e. The summed E-state index contributed by atoms with van der Waals surface area (Å²) in [6.07, 6.45) is 4.25. The molecule has 0 aliphatic rings. The Morgan fingerprint density at radius 1 is 1.37 bits per heavy atom. The number of ether oxygens (including phenoxy) is 1. The van der Waals surface area contributed by atoms with Crippen LogP contribution >= 0.6 is 0 Å². The van der Waals surface area contributed by atoms with Crippen molar-refractivity contribution in [3.63, 3.8) is 0 Å². The van der Waals surface area contributed by atoms with E-state index in [0.717, 1.165) is 17.5 Å². The minimum absolute atomic E-state index is 0.186. The van der Waals surface area contributed by atoms with E-state index >= 15 is 0 Å². The predicted octanol–water partition coefficient (Wildman–Crippen LogP) is 2.86. The number of aromatic nitrogens is 1. The van der Waals surface area contributed by atoms with Gasteiger partial charge in [-0.2, -0.15) is 0 Å². The van der Waals surface area contributed by atoms with E-state index in [1.807, 2.05) is 19.1 Å². The third-order valence-corrected chi connectivity index (χ3v) is 2.84. The number of halogens is 1. The van der Waals surface area contributed by atoms with Crippen molar-refractivity contribution < 1.29 is 9.13 Å². The highest BCUT2D eigenvalue weighted by molar-refractivity contribution is 5.36. The molecular formula is C15H17FN2O. The lowest BCUT2D eigenvalue weighted by molar-refractivity contribution is 0.315. The number of nitrogens with zero attached hydrogens (tertiary/aromatic N) is 1. The van der Waals surface area contributed by atoms with Gasteiger partial charge in [0.05, 0.1) is 6.61 Å². The van der Waals surface area contributed by atoms with Crippen molar-refractivity contribution >= 4 is 0 Å². The molecule has 4 heteroatoms. The van der Waals surface area contributed by atoms with E-state index < -0.39 is 0 Å². The van der Waals surface area contributed by atoms with Crippen LogP contribution in [0.4, 0.5) is 4.39 Å². The molecule has 2 aromatic rings. The molecule has 2 rings (SSSR count). The molecule has 0 unspecified atom stereocenters. The number of nitrogens with two attached hydrogens (primary N) is 1. The van der Waals surface area contributed by atoms with Crippen LogP contribution in [-0.4, -0.2) is 11.6 Å². The number of hydrogen-bond donors (Lipinski definition) is 1. The van der Waals surface area contributed by atoms with Gasteiger partial charge >= 0.3 is 0 Å². The van der Waals surface area contributed by atoms with Gasteiger partial charge in [0, 0.05) is 36.5 Å². The summed E-state index contributed by atoms with van der Waals surface area (Å²) in [7, 11) is 0. The van der Waals surface area contributed by atoms with Gasteiger partial charge in [0.2, 0.25) is 0 Å². The Hall–Kier alpha value is -1.94. The molecule has 0 bridgehead atoms. The van der Waals surface area contributed by atoms with Crippen LogP contribution in [0.5, 0.6) is 5.75 Å².